The van der Waals surface area contributed by atoms with Crippen LogP contribution >= 0.6 is 15.9 Å². The minimum atomic E-state index is -0.995. The predicted molar refractivity (Wildman–Crippen MR) is 79.9 cm³/mol. The number of halogens is 1. The molecule has 1 heterocycles. The number of aromatic nitrogens is 2. The third-order valence-corrected chi connectivity index (χ3v) is 4.59. The van der Waals surface area contributed by atoms with Gasteiger partial charge in [0.1, 0.15) is 5.69 Å². The highest BCUT2D eigenvalue weighted by Gasteiger charge is 2.20. The highest BCUT2D eigenvalue weighted by molar-refractivity contribution is 9.10. The fraction of sp³-hybridized carbons (Fsp3) is 0.333. The van der Waals surface area contributed by atoms with Crippen molar-refractivity contribution in [1.82, 2.24) is 10.2 Å². The quantitative estimate of drug-likeness (QED) is 0.884. The second kappa shape index (κ2) is 5.40. The maximum absolute atomic E-state index is 10.9. The zero-order valence-corrected chi connectivity index (χ0v) is 12.5. The molecule has 0 bridgehead atoms. The SMILES string of the molecule is O=C(O)c1cc(-c2ccc(C3CCCC3)c(Br)c2)n[nH]1. The van der Waals surface area contributed by atoms with E-state index in [9.17, 15) is 4.79 Å². The van der Waals surface area contributed by atoms with Gasteiger partial charge in [0.05, 0.1) is 5.69 Å². The summed E-state index contributed by atoms with van der Waals surface area (Å²) in [6, 6.07) is 7.72. The van der Waals surface area contributed by atoms with Crippen molar-refractivity contribution in [1.29, 1.82) is 0 Å². The Kier molecular flexibility index (Phi) is 3.61. The molecule has 0 saturated heterocycles. The van der Waals surface area contributed by atoms with Crippen LogP contribution in [0.3, 0.4) is 0 Å². The molecule has 20 heavy (non-hydrogen) atoms. The number of aromatic amines is 1. The van der Waals surface area contributed by atoms with E-state index in [0.717, 1.165) is 10.0 Å². The Bertz CT molecular complexity index is 645. The van der Waals surface area contributed by atoms with Crippen LogP contribution in [0.2, 0.25) is 0 Å². The lowest BCUT2D eigenvalue weighted by atomic mass is 9.96. The summed E-state index contributed by atoms with van der Waals surface area (Å²) >= 11 is 3.64. The number of aromatic carboxylic acids is 1. The number of benzene rings is 1. The summed E-state index contributed by atoms with van der Waals surface area (Å²) in [5.41, 5.74) is 3.03. The van der Waals surface area contributed by atoms with Crippen LogP contribution in [-0.4, -0.2) is 21.3 Å². The topological polar surface area (TPSA) is 66.0 Å². The van der Waals surface area contributed by atoms with Crippen LogP contribution in [-0.2, 0) is 0 Å². The molecule has 1 aromatic carbocycles. The molecule has 1 aliphatic rings. The summed E-state index contributed by atoms with van der Waals surface area (Å²) in [4.78, 5) is 10.9. The average Bonchev–Trinajstić information content (AvgIpc) is 3.10. The lowest BCUT2D eigenvalue weighted by molar-refractivity contribution is 0.0690. The molecule has 0 radical (unpaired) electrons. The van der Waals surface area contributed by atoms with Gasteiger partial charge in [-0.05, 0) is 36.5 Å². The van der Waals surface area contributed by atoms with Crippen LogP contribution in [0.4, 0.5) is 0 Å². The molecule has 1 saturated carbocycles. The summed E-state index contributed by atoms with van der Waals surface area (Å²) in [5, 5.41) is 15.5. The first-order valence-corrected chi connectivity index (χ1v) is 7.53. The van der Waals surface area contributed by atoms with Crippen LogP contribution < -0.4 is 0 Å². The van der Waals surface area contributed by atoms with Crippen molar-refractivity contribution in [3.8, 4) is 11.3 Å². The Balaban J connectivity index is 1.90. The van der Waals surface area contributed by atoms with Crippen molar-refractivity contribution in [2.24, 2.45) is 0 Å². The molecule has 0 spiro atoms. The van der Waals surface area contributed by atoms with E-state index in [0.29, 0.717) is 11.6 Å². The van der Waals surface area contributed by atoms with Crippen LogP contribution in [0.1, 0.15) is 47.7 Å². The van der Waals surface area contributed by atoms with E-state index < -0.39 is 5.97 Å². The molecule has 0 aliphatic heterocycles. The number of carbonyl (C=O) groups is 1. The lowest BCUT2D eigenvalue weighted by Gasteiger charge is -2.12. The van der Waals surface area contributed by atoms with Crippen molar-refractivity contribution in [2.45, 2.75) is 31.6 Å². The molecule has 0 amide bonds. The first kappa shape index (κ1) is 13.4. The minimum Gasteiger partial charge on any atom is -0.477 e. The maximum Gasteiger partial charge on any atom is 0.353 e. The summed E-state index contributed by atoms with van der Waals surface area (Å²) in [6.07, 6.45) is 5.12. The van der Waals surface area contributed by atoms with Crippen molar-refractivity contribution in [3.63, 3.8) is 0 Å². The zero-order chi connectivity index (χ0) is 14.1. The van der Waals surface area contributed by atoms with Crippen LogP contribution in [0.5, 0.6) is 0 Å². The normalized spacial score (nSPS) is 15.7. The number of rotatable bonds is 3. The van der Waals surface area contributed by atoms with Gasteiger partial charge < -0.3 is 5.11 Å². The second-order valence-corrected chi connectivity index (χ2v) is 6.04. The molecule has 3 rings (SSSR count). The number of carboxylic acid groups (broad SMARTS) is 1. The van der Waals surface area contributed by atoms with Crippen molar-refractivity contribution < 1.29 is 9.90 Å². The van der Waals surface area contributed by atoms with Gasteiger partial charge in [-0.25, -0.2) is 4.79 Å². The second-order valence-electron chi connectivity index (χ2n) is 5.19. The molecule has 1 aliphatic carbocycles. The van der Waals surface area contributed by atoms with E-state index in [1.807, 2.05) is 12.1 Å². The molecular weight excluding hydrogens is 320 g/mol. The van der Waals surface area contributed by atoms with E-state index in [-0.39, 0.29) is 5.69 Å². The molecule has 1 aromatic heterocycles. The standard InChI is InChI=1S/C15H15BrN2O2/c16-12-7-10(13-8-14(15(19)20)18-17-13)5-6-11(12)9-3-1-2-4-9/h5-9H,1-4H2,(H,17,18)(H,19,20). The van der Waals surface area contributed by atoms with Gasteiger partial charge in [-0.1, -0.05) is 40.9 Å². The van der Waals surface area contributed by atoms with Crippen LogP contribution in [0.15, 0.2) is 28.7 Å². The Morgan fingerprint density at radius 2 is 2.05 bits per heavy atom. The molecular formula is C15H15BrN2O2. The van der Waals surface area contributed by atoms with Gasteiger partial charge in [0.2, 0.25) is 0 Å². The summed E-state index contributed by atoms with van der Waals surface area (Å²) in [6.45, 7) is 0. The van der Waals surface area contributed by atoms with E-state index in [1.54, 1.807) is 6.07 Å². The van der Waals surface area contributed by atoms with Gasteiger partial charge >= 0.3 is 5.97 Å². The van der Waals surface area contributed by atoms with E-state index in [2.05, 4.69) is 32.2 Å². The highest BCUT2D eigenvalue weighted by atomic mass is 79.9. The lowest BCUT2D eigenvalue weighted by Crippen LogP contribution is -1.95. The molecule has 4 nitrogen and oxygen atoms in total. The minimum absolute atomic E-state index is 0.107. The zero-order valence-electron chi connectivity index (χ0n) is 10.9. The number of carboxylic acids is 1. The average molecular weight is 335 g/mol. The molecule has 2 aromatic rings. The van der Waals surface area contributed by atoms with Gasteiger partial charge in [-0.15, -0.1) is 0 Å². The van der Waals surface area contributed by atoms with Gasteiger partial charge in [0.15, 0.2) is 0 Å². The highest BCUT2D eigenvalue weighted by Crippen LogP contribution is 2.38. The van der Waals surface area contributed by atoms with E-state index >= 15 is 0 Å². The predicted octanol–water partition coefficient (Wildman–Crippen LogP) is 4.20. The number of nitrogens with one attached hydrogen (secondary N) is 1. The molecule has 0 atom stereocenters. The monoisotopic (exact) mass is 334 g/mol. The third kappa shape index (κ3) is 2.50. The smallest absolute Gasteiger partial charge is 0.353 e. The number of hydrogen-bond acceptors (Lipinski definition) is 2. The summed E-state index contributed by atoms with van der Waals surface area (Å²) in [7, 11) is 0. The Morgan fingerprint density at radius 1 is 1.30 bits per heavy atom. The van der Waals surface area contributed by atoms with Gasteiger partial charge in [-0.2, -0.15) is 5.10 Å². The third-order valence-electron chi connectivity index (χ3n) is 3.90. The molecule has 104 valence electrons. The van der Waals surface area contributed by atoms with Gasteiger partial charge in [-0.3, -0.25) is 5.10 Å². The maximum atomic E-state index is 10.9. The first-order chi connectivity index (χ1) is 9.65. The summed E-state index contributed by atoms with van der Waals surface area (Å²) < 4.78 is 1.08. The van der Waals surface area contributed by atoms with Gasteiger partial charge in [0, 0.05) is 10.0 Å². The largest absolute Gasteiger partial charge is 0.477 e. The van der Waals surface area contributed by atoms with E-state index in [4.69, 9.17) is 5.11 Å². The fourth-order valence-electron chi connectivity index (χ4n) is 2.83. The van der Waals surface area contributed by atoms with Crippen molar-refractivity contribution >= 4 is 21.9 Å². The van der Waals surface area contributed by atoms with Crippen LogP contribution in [0.25, 0.3) is 11.3 Å². The Hall–Kier alpha value is -1.62. The first-order valence-electron chi connectivity index (χ1n) is 6.73. The number of H-pyrrole nitrogens is 1. The number of hydrogen-bond donors (Lipinski definition) is 2. The Labute approximate surface area is 125 Å². The molecule has 1 fully saturated rings. The molecule has 5 heteroatoms. The van der Waals surface area contributed by atoms with Crippen LogP contribution in [0, 0.1) is 0 Å². The van der Waals surface area contributed by atoms with Crippen molar-refractivity contribution in [2.75, 3.05) is 0 Å². The summed E-state index contributed by atoms with van der Waals surface area (Å²) in [5.74, 6) is -0.349. The molecule has 0 unspecified atom stereocenters. The Morgan fingerprint density at radius 3 is 2.65 bits per heavy atom. The van der Waals surface area contributed by atoms with Gasteiger partial charge in [0.25, 0.3) is 0 Å². The number of nitrogens with zero attached hydrogens (tertiary/aromatic N) is 1. The molecule has 2 N–H and O–H groups in total. The van der Waals surface area contributed by atoms with E-state index in [1.165, 1.54) is 31.2 Å². The van der Waals surface area contributed by atoms with Crippen molar-refractivity contribution in [3.05, 3.63) is 40.0 Å². The fourth-order valence-corrected chi connectivity index (χ4v) is 3.54.